The largest absolute Gasteiger partial charge is 0.306 e. The maximum Gasteiger partial charge on any atom is 0.129 e. The summed E-state index contributed by atoms with van der Waals surface area (Å²) in [5, 5.41) is 0. The molecule has 0 spiro atoms. The summed E-state index contributed by atoms with van der Waals surface area (Å²) >= 11 is 0. The maximum atomic E-state index is 12.2. The van der Waals surface area contributed by atoms with Gasteiger partial charge in [-0.2, -0.15) is 0 Å². The molecule has 0 bridgehead atoms. The zero-order valence-corrected chi connectivity index (χ0v) is 16.8. The smallest absolute Gasteiger partial charge is 0.129 e. The van der Waals surface area contributed by atoms with Gasteiger partial charge in [0.05, 0.1) is 17.5 Å². The van der Waals surface area contributed by atoms with E-state index in [-0.39, 0.29) is 4.75 Å². The molecule has 0 amide bonds. The predicted octanol–water partition coefficient (Wildman–Crippen LogP) is 3.65. The normalized spacial score (nSPS) is 13.7. The van der Waals surface area contributed by atoms with Crippen molar-refractivity contribution in [3.8, 4) is 11.5 Å². The average Bonchev–Trinajstić information content (AvgIpc) is 2.83. The van der Waals surface area contributed by atoms with Crippen molar-refractivity contribution in [1.29, 1.82) is 0 Å². The summed E-state index contributed by atoms with van der Waals surface area (Å²) in [6.45, 7) is 12.8. The summed E-state index contributed by atoms with van der Waals surface area (Å²) in [6.07, 6.45) is 4.55. The summed E-state index contributed by atoms with van der Waals surface area (Å²) in [6, 6.07) is 4.12. The Morgan fingerprint density at radius 3 is 2.61 bits per heavy atom. The maximum absolute atomic E-state index is 12.2. The third-order valence-electron chi connectivity index (χ3n) is 3.41. The number of fused-ring (bicyclic) bond motifs is 1. The van der Waals surface area contributed by atoms with Gasteiger partial charge in [0.1, 0.15) is 8.07 Å². The fourth-order valence-electron chi connectivity index (χ4n) is 2.07. The van der Waals surface area contributed by atoms with Crippen LogP contribution in [-0.2, 0) is 17.2 Å². The molecule has 0 saturated carbocycles. The van der Waals surface area contributed by atoms with Crippen LogP contribution in [0.4, 0.5) is 0 Å². The molecule has 23 heavy (non-hydrogen) atoms. The molecule has 0 N–H and O–H groups in total. The van der Waals surface area contributed by atoms with Crippen molar-refractivity contribution in [2.24, 2.45) is 0 Å². The Bertz CT molecular complexity index is 785. The molecule has 124 valence electrons. The zero-order chi connectivity index (χ0) is 17.3. The van der Waals surface area contributed by atoms with Crippen molar-refractivity contribution < 1.29 is 4.21 Å². The molecular formula is C18H26N2OSSi. The van der Waals surface area contributed by atoms with Gasteiger partial charge in [-0.3, -0.25) is 4.21 Å². The Morgan fingerprint density at radius 1 is 1.30 bits per heavy atom. The molecule has 0 radical (unpaired) electrons. The molecule has 5 heteroatoms. The quantitative estimate of drug-likeness (QED) is 0.628. The van der Waals surface area contributed by atoms with Gasteiger partial charge >= 0.3 is 0 Å². The highest BCUT2D eigenvalue weighted by atomic mass is 32.2. The van der Waals surface area contributed by atoms with E-state index < -0.39 is 18.9 Å². The summed E-state index contributed by atoms with van der Waals surface area (Å²) in [5.74, 6) is 3.93. The van der Waals surface area contributed by atoms with Gasteiger partial charge in [0.15, 0.2) is 0 Å². The minimum absolute atomic E-state index is 0.177. The molecule has 2 aromatic rings. The average molecular weight is 347 g/mol. The van der Waals surface area contributed by atoms with E-state index in [9.17, 15) is 4.21 Å². The molecule has 1 atom stereocenters. The van der Waals surface area contributed by atoms with Crippen LogP contribution in [-0.4, -0.2) is 32.2 Å². The fourth-order valence-corrected chi connectivity index (χ4v) is 3.58. The topological polar surface area (TPSA) is 34.4 Å². The monoisotopic (exact) mass is 346 g/mol. The van der Waals surface area contributed by atoms with Crippen molar-refractivity contribution in [2.75, 3.05) is 5.75 Å². The van der Waals surface area contributed by atoms with Crippen LogP contribution in [0.15, 0.2) is 24.7 Å². The molecule has 2 aromatic heterocycles. The highest BCUT2D eigenvalue weighted by molar-refractivity contribution is 7.86. The second-order valence-corrected chi connectivity index (χ2v) is 14.9. The van der Waals surface area contributed by atoms with Gasteiger partial charge in [0.25, 0.3) is 0 Å². The van der Waals surface area contributed by atoms with E-state index in [0.717, 1.165) is 23.2 Å². The minimum Gasteiger partial charge on any atom is -0.306 e. The van der Waals surface area contributed by atoms with Crippen molar-refractivity contribution in [2.45, 2.75) is 51.6 Å². The van der Waals surface area contributed by atoms with Crippen LogP contribution in [0.1, 0.15) is 32.0 Å². The van der Waals surface area contributed by atoms with Gasteiger partial charge in [-0.25, -0.2) is 4.98 Å². The lowest BCUT2D eigenvalue weighted by Gasteiger charge is -2.17. The fraction of sp³-hybridized carbons (Fsp3) is 0.500. The second kappa shape index (κ2) is 6.62. The van der Waals surface area contributed by atoms with Crippen LogP contribution < -0.4 is 0 Å². The SMILES string of the molecule is CC(C)(C)S(=O)CCc1ncn2ccc(C#C[Si](C)(C)C)cc12. The number of nitrogens with zero attached hydrogens (tertiary/aromatic N) is 2. The van der Waals surface area contributed by atoms with Gasteiger partial charge in [-0.1, -0.05) is 25.6 Å². The highest BCUT2D eigenvalue weighted by Gasteiger charge is 2.19. The number of hydrogen-bond acceptors (Lipinski definition) is 2. The number of rotatable bonds is 3. The number of pyridine rings is 1. The van der Waals surface area contributed by atoms with Crippen LogP contribution >= 0.6 is 0 Å². The third kappa shape index (κ3) is 5.05. The van der Waals surface area contributed by atoms with E-state index >= 15 is 0 Å². The van der Waals surface area contributed by atoms with Crippen LogP contribution in [0.2, 0.25) is 19.6 Å². The number of imidazole rings is 1. The molecule has 2 heterocycles. The first-order chi connectivity index (χ1) is 10.6. The molecule has 0 aromatic carbocycles. The van der Waals surface area contributed by atoms with Crippen LogP contribution in [0.25, 0.3) is 5.52 Å². The molecule has 0 aliphatic rings. The lowest BCUT2D eigenvalue weighted by Crippen LogP contribution is -2.24. The summed E-state index contributed by atoms with van der Waals surface area (Å²) in [7, 11) is -2.24. The van der Waals surface area contributed by atoms with E-state index in [1.807, 2.05) is 43.8 Å². The molecular weight excluding hydrogens is 320 g/mol. The minimum atomic E-state index is -1.38. The van der Waals surface area contributed by atoms with Crippen LogP contribution in [0.3, 0.4) is 0 Å². The summed E-state index contributed by atoms with van der Waals surface area (Å²) in [4.78, 5) is 4.49. The molecule has 0 saturated heterocycles. The zero-order valence-electron chi connectivity index (χ0n) is 14.9. The number of aryl methyl sites for hydroxylation is 1. The molecule has 1 unspecified atom stereocenters. The Labute approximate surface area is 143 Å². The molecule has 2 rings (SSSR count). The Kier molecular flexibility index (Phi) is 5.17. The summed E-state index contributed by atoms with van der Waals surface area (Å²) < 4.78 is 14.1. The van der Waals surface area contributed by atoms with Gasteiger partial charge in [0, 0.05) is 39.5 Å². The van der Waals surface area contributed by atoms with E-state index in [0.29, 0.717) is 5.75 Å². The molecule has 0 aliphatic carbocycles. The number of hydrogen-bond donors (Lipinski definition) is 0. The molecule has 0 fully saturated rings. The first kappa shape index (κ1) is 18.0. The first-order valence-corrected chi connectivity index (χ1v) is 12.8. The van der Waals surface area contributed by atoms with E-state index in [4.69, 9.17) is 0 Å². The third-order valence-corrected chi connectivity index (χ3v) is 6.22. The van der Waals surface area contributed by atoms with Crippen molar-refractivity contribution in [3.63, 3.8) is 0 Å². The van der Waals surface area contributed by atoms with E-state index in [1.54, 1.807) is 0 Å². The van der Waals surface area contributed by atoms with Gasteiger partial charge in [-0.15, -0.1) is 5.54 Å². The van der Waals surface area contributed by atoms with Gasteiger partial charge in [-0.05, 0) is 32.9 Å². The Morgan fingerprint density at radius 2 is 2.00 bits per heavy atom. The van der Waals surface area contributed by atoms with Crippen LogP contribution in [0.5, 0.6) is 0 Å². The van der Waals surface area contributed by atoms with E-state index in [2.05, 4.69) is 42.2 Å². The summed E-state index contributed by atoms with van der Waals surface area (Å²) in [5.41, 5.74) is 6.49. The molecule has 3 nitrogen and oxygen atoms in total. The highest BCUT2D eigenvalue weighted by Crippen LogP contribution is 2.16. The second-order valence-electron chi connectivity index (χ2n) is 7.81. The van der Waals surface area contributed by atoms with Gasteiger partial charge in [0.2, 0.25) is 0 Å². The predicted molar refractivity (Wildman–Crippen MR) is 102 cm³/mol. The molecule has 0 aliphatic heterocycles. The van der Waals surface area contributed by atoms with Crippen molar-refractivity contribution in [3.05, 3.63) is 35.9 Å². The Hall–Kier alpha value is -1.38. The lowest BCUT2D eigenvalue weighted by molar-refractivity contribution is 0.648. The first-order valence-electron chi connectivity index (χ1n) is 7.93. The van der Waals surface area contributed by atoms with Crippen molar-refractivity contribution in [1.82, 2.24) is 9.38 Å². The number of aromatic nitrogens is 2. The lowest BCUT2D eigenvalue weighted by atomic mass is 10.2. The van der Waals surface area contributed by atoms with Gasteiger partial charge < -0.3 is 4.40 Å². The standard InChI is InChI=1S/C18H26N2OSSi/c1-18(2,3)22(21)11-8-16-17-13-15(9-12-23(4,5)6)7-10-20(17)14-19-16/h7,10,13-14H,8,11H2,1-6H3. The Balaban J connectivity index is 2.25. The van der Waals surface area contributed by atoms with Crippen LogP contribution in [0, 0.1) is 11.5 Å². The van der Waals surface area contributed by atoms with E-state index in [1.165, 1.54) is 0 Å². The van der Waals surface area contributed by atoms with Crippen molar-refractivity contribution >= 4 is 24.4 Å².